The van der Waals surface area contributed by atoms with E-state index < -0.39 is 0 Å². The highest BCUT2D eigenvalue weighted by Crippen LogP contribution is 2.21. The zero-order valence-corrected chi connectivity index (χ0v) is 10.6. The van der Waals surface area contributed by atoms with Gasteiger partial charge in [0, 0.05) is 11.8 Å². The van der Waals surface area contributed by atoms with E-state index >= 15 is 0 Å². The first-order valence-electron chi connectivity index (χ1n) is 5.92. The molecule has 0 saturated heterocycles. The van der Waals surface area contributed by atoms with Crippen LogP contribution in [-0.2, 0) is 11.2 Å². The maximum atomic E-state index is 11.8. The molecule has 0 saturated carbocycles. The van der Waals surface area contributed by atoms with E-state index in [-0.39, 0.29) is 23.8 Å². The molecule has 0 fully saturated rings. The molecule has 4 nitrogen and oxygen atoms in total. The summed E-state index contributed by atoms with van der Waals surface area (Å²) >= 11 is 0. The third-order valence-electron chi connectivity index (χ3n) is 2.77. The Balaban J connectivity index is 2.03. The molecule has 1 amide bonds. The van der Waals surface area contributed by atoms with Crippen molar-refractivity contribution in [2.24, 2.45) is 0 Å². The number of phenols is 2. The summed E-state index contributed by atoms with van der Waals surface area (Å²) in [7, 11) is 0. The van der Waals surface area contributed by atoms with E-state index in [1.165, 1.54) is 6.07 Å². The van der Waals surface area contributed by atoms with Crippen LogP contribution in [0.3, 0.4) is 0 Å². The number of benzene rings is 2. The topological polar surface area (TPSA) is 69.6 Å². The van der Waals surface area contributed by atoms with Gasteiger partial charge in [0.05, 0.1) is 6.42 Å². The largest absolute Gasteiger partial charge is 0.508 e. The van der Waals surface area contributed by atoms with Gasteiger partial charge in [0.2, 0.25) is 5.91 Å². The van der Waals surface area contributed by atoms with Gasteiger partial charge < -0.3 is 15.5 Å². The van der Waals surface area contributed by atoms with Gasteiger partial charge in [-0.15, -0.1) is 0 Å². The quantitative estimate of drug-likeness (QED) is 0.791. The molecular weight excluding hydrogens is 242 g/mol. The number of phenolic OH excluding ortho intramolecular Hbond substituents is 2. The minimum absolute atomic E-state index is 0.137. The number of anilines is 1. The van der Waals surface area contributed by atoms with Crippen LogP contribution in [0.1, 0.15) is 11.1 Å². The highest BCUT2D eigenvalue weighted by atomic mass is 16.3. The standard InChI is InChI=1S/C15H15NO3/c1-10-5-6-12(9-14(10)18)16-15(19)8-11-3-2-4-13(17)7-11/h2-7,9,17-18H,8H2,1H3,(H,16,19). The molecule has 0 bridgehead atoms. The smallest absolute Gasteiger partial charge is 0.228 e. The number of hydrogen-bond donors (Lipinski definition) is 3. The molecule has 0 aromatic heterocycles. The molecule has 98 valence electrons. The summed E-state index contributed by atoms with van der Waals surface area (Å²) in [4.78, 5) is 11.8. The van der Waals surface area contributed by atoms with Crippen LogP contribution in [0.4, 0.5) is 5.69 Å². The van der Waals surface area contributed by atoms with Crippen LogP contribution >= 0.6 is 0 Å². The van der Waals surface area contributed by atoms with Gasteiger partial charge in [-0.05, 0) is 36.2 Å². The number of rotatable bonds is 3. The van der Waals surface area contributed by atoms with Crippen molar-refractivity contribution < 1.29 is 15.0 Å². The molecule has 0 radical (unpaired) electrons. The van der Waals surface area contributed by atoms with E-state index in [1.807, 2.05) is 0 Å². The van der Waals surface area contributed by atoms with Crippen molar-refractivity contribution in [3.8, 4) is 11.5 Å². The van der Waals surface area contributed by atoms with E-state index in [2.05, 4.69) is 5.32 Å². The van der Waals surface area contributed by atoms with Crippen molar-refractivity contribution >= 4 is 11.6 Å². The number of hydrogen-bond acceptors (Lipinski definition) is 3. The van der Waals surface area contributed by atoms with Crippen LogP contribution in [0.2, 0.25) is 0 Å². The Morgan fingerprint density at radius 1 is 1.16 bits per heavy atom. The molecule has 4 heteroatoms. The lowest BCUT2D eigenvalue weighted by molar-refractivity contribution is -0.115. The van der Waals surface area contributed by atoms with E-state index in [9.17, 15) is 15.0 Å². The Labute approximate surface area is 111 Å². The molecule has 0 aliphatic rings. The van der Waals surface area contributed by atoms with Crippen molar-refractivity contribution in [2.45, 2.75) is 13.3 Å². The van der Waals surface area contributed by atoms with Gasteiger partial charge in [-0.2, -0.15) is 0 Å². The Hall–Kier alpha value is -2.49. The minimum atomic E-state index is -0.200. The second-order valence-electron chi connectivity index (χ2n) is 4.40. The van der Waals surface area contributed by atoms with Crippen molar-refractivity contribution in [2.75, 3.05) is 5.32 Å². The van der Waals surface area contributed by atoms with Gasteiger partial charge in [0.15, 0.2) is 0 Å². The molecule has 0 aliphatic carbocycles. The number of carbonyl (C=O) groups excluding carboxylic acids is 1. The Kier molecular flexibility index (Phi) is 3.71. The first-order valence-corrected chi connectivity index (χ1v) is 5.92. The molecule has 0 unspecified atom stereocenters. The van der Waals surface area contributed by atoms with E-state index in [0.717, 1.165) is 11.1 Å². The number of aryl methyl sites for hydroxylation is 1. The average Bonchev–Trinajstić information content (AvgIpc) is 2.34. The highest BCUT2D eigenvalue weighted by molar-refractivity contribution is 5.92. The Bertz CT molecular complexity index is 608. The van der Waals surface area contributed by atoms with Gasteiger partial charge in [0.25, 0.3) is 0 Å². The fraction of sp³-hybridized carbons (Fsp3) is 0.133. The molecule has 0 aliphatic heterocycles. The lowest BCUT2D eigenvalue weighted by Gasteiger charge is -2.07. The molecule has 2 aromatic carbocycles. The van der Waals surface area contributed by atoms with Gasteiger partial charge in [-0.1, -0.05) is 18.2 Å². The minimum Gasteiger partial charge on any atom is -0.508 e. The molecule has 0 spiro atoms. The number of amides is 1. The van der Waals surface area contributed by atoms with E-state index in [0.29, 0.717) is 5.69 Å². The van der Waals surface area contributed by atoms with Gasteiger partial charge in [-0.3, -0.25) is 4.79 Å². The third-order valence-corrected chi connectivity index (χ3v) is 2.77. The monoisotopic (exact) mass is 257 g/mol. The first-order chi connectivity index (χ1) is 9.04. The predicted octanol–water partition coefficient (Wildman–Crippen LogP) is 2.59. The fourth-order valence-electron chi connectivity index (χ4n) is 1.74. The summed E-state index contributed by atoms with van der Waals surface area (Å²) in [6, 6.07) is 11.5. The number of aromatic hydroxyl groups is 2. The fourth-order valence-corrected chi connectivity index (χ4v) is 1.74. The van der Waals surface area contributed by atoms with Crippen LogP contribution in [-0.4, -0.2) is 16.1 Å². The van der Waals surface area contributed by atoms with Crippen molar-refractivity contribution in [1.29, 1.82) is 0 Å². The second kappa shape index (κ2) is 5.44. The Morgan fingerprint density at radius 2 is 1.95 bits per heavy atom. The maximum Gasteiger partial charge on any atom is 0.228 e. The summed E-state index contributed by atoms with van der Waals surface area (Å²) in [5.41, 5.74) is 2.04. The predicted molar refractivity (Wildman–Crippen MR) is 73.3 cm³/mol. The first kappa shape index (κ1) is 13.0. The molecule has 2 rings (SSSR count). The summed E-state index contributed by atoms with van der Waals surface area (Å²) in [6.07, 6.45) is 0.170. The van der Waals surface area contributed by atoms with Crippen LogP contribution in [0.5, 0.6) is 11.5 Å². The van der Waals surface area contributed by atoms with Crippen LogP contribution < -0.4 is 5.32 Å². The van der Waals surface area contributed by atoms with Crippen LogP contribution in [0, 0.1) is 6.92 Å². The molecule has 0 atom stereocenters. The zero-order chi connectivity index (χ0) is 13.8. The van der Waals surface area contributed by atoms with Gasteiger partial charge >= 0.3 is 0 Å². The lowest BCUT2D eigenvalue weighted by Crippen LogP contribution is -2.14. The van der Waals surface area contributed by atoms with Crippen molar-refractivity contribution in [3.63, 3.8) is 0 Å². The second-order valence-corrected chi connectivity index (χ2v) is 4.40. The molecule has 0 heterocycles. The van der Waals surface area contributed by atoms with Crippen LogP contribution in [0.25, 0.3) is 0 Å². The third kappa shape index (κ3) is 3.48. The lowest BCUT2D eigenvalue weighted by atomic mass is 10.1. The Morgan fingerprint density at radius 3 is 2.63 bits per heavy atom. The summed E-state index contributed by atoms with van der Waals surface area (Å²) in [5, 5.41) is 21.6. The molecule has 19 heavy (non-hydrogen) atoms. The van der Waals surface area contributed by atoms with E-state index in [4.69, 9.17) is 0 Å². The van der Waals surface area contributed by atoms with E-state index in [1.54, 1.807) is 43.3 Å². The number of carbonyl (C=O) groups is 1. The molecular formula is C15H15NO3. The normalized spacial score (nSPS) is 10.2. The maximum absolute atomic E-state index is 11.8. The average molecular weight is 257 g/mol. The van der Waals surface area contributed by atoms with Crippen molar-refractivity contribution in [3.05, 3.63) is 53.6 Å². The summed E-state index contributed by atoms with van der Waals surface area (Å²) in [5.74, 6) is 0.0855. The zero-order valence-electron chi connectivity index (χ0n) is 10.6. The molecule has 2 aromatic rings. The molecule has 3 N–H and O–H groups in total. The number of nitrogens with one attached hydrogen (secondary N) is 1. The van der Waals surface area contributed by atoms with Crippen molar-refractivity contribution in [1.82, 2.24) is 0 Å². The van der Waals surface area contributed by atoms with Gasteiger partial charge in [0.1, 0.15) is 11.5 Å². The SMILES string of the molecule is Cc1ccc(NC(=O)Cc2cccc(O)c2)cc1O. The van der Waals surface area contributed by atoms with Crippen LogP contribution in [0.15, 0.2) is 42.5 Å². The summed E-state index contributed by atoms with van der Waals surface area (Å²) < 4.78 is 0. The highest BCUT2D eigenvalue weighted by Gasteiger charge is 2.06. The summed E-state index contributed by atoms with van der Waals surface area (Å²) in [6.45, 7) is 1.79. The van der Waals surface area contributed by atoms with Gasteiger partial charge in [-0.25, -0.2) is 0 Å².